The summed E-state index contributed by atoms with van der Waals surface area (Å²) in [7, 11) is 1.64. The first-order chi connectivity index (χ1) is 14.5. The number of anilines is 1. The van der Waals surface area contributed by atoms with E-state index in [-0.39, 0.29) is 37.1 Å². The van der Waals surface area contributed by atoms with Crippen LogP contribution in [0.25, 0.3) is 0 Å². The summed E-state index contributed by atoms with van der Waals surface area (Å²) < 4.78 is 5.16. The number of benzene rings is 2. The summed E-state index contributed by atoms with van der Waals surface area (Å²) in [6, 6.07) is 19.2. The van der Waals surface area contributed by atoms with Gasteiger partial charge in [-0.2, -0.15) is 5.26 Å². The first-order valence-corrected chi connectivity index (χ1v) is 10.2. The molecule has 0 aliphatic heterocycles. The molecule has 0 fully saturated rings. The molecule has 2 aromatic rings. The molecule has 30 heavy (non-hydrogen) atoms. The van der Waals surface area contributed by atoms with Gasteiger partial charge < -0.3 is 15.0 Å². The molecule has 0 saturated carbocycles. The summed E-state index contributed by atoms with van der Waals surface area (Å²) in [5.41, 5.74) is 1.93. The van der Waals surface area contributed by atoms with E-state index >= 15 is 0 Å². The molecule has 1 N–H and O–H groups in total. The van der Waals surface area contributed by atoms with Gasteiger partial charge >= 0.3 is 0 Å². The maximum atomic E-state index is 12.6. The zero-order valence-electron chi connectivity index (χ0n) is 17.6. The Labute approximate surface area is 178 Å². The van der Waals surface area contributed by atoms with Gasteiger partial charge in [0.1, 0.15) is 5.75 Å². The molecule has 0 saturated heterocycles. The Morgan fingerprint density at radius 2 is 1.80 bits per heavy atom. The first kappa shape index (κ1) is 23.0. The third-order valence-electron chi connectivity index (χ3n) is 4.81. The molecule has 2 amide bonds. The lowest BCUT2D eigenvalue weighted by Gasteiger charge is -2.22. The maximum absolute atomic E-state index is 12.6. The fourth-order valence-electron chi connectivity index (χ4n) is 3.12. The van der Waals surface area contributed by atoms with Crippen LogP contribution in [0.3, 0.4) is 0 Å². The lowest BCUT2D eigenvalue weighted by molar-refractivity contribution is -0.125. The highest BCUT2D eigenvalue weighted by Gasteiger charge is 2.17. The quantitative estimate of drug-likeness (QED) is 0.613. The van der Waals surface area contributed by atoms with Gasteiger partial charge in [0.15, 0.2) is 0 Å². The summed E-state index contributed by atoms with van der Waals surface area (Å²) >= 11 is 0. The average Bonchev–Trinajstić information content (AvgIpc) is 2.77. The standard InChI is InChI=1S/C24H29N3O3/c1-19(9-10-20-11-13-22(30-2)14-12-20)26-23(28)15-16-24(29)27(18-6-17-25)21-7-4-3-5-8-21/h3-5,7-8,11-14,19H,6,9-10,15-16,18H2,1-2H3,(H,26,28). The summed E-state index contributed by atoms with van der Waals surface area (Å²) in [5, 5.41) is 11.8. The molecule has 158 valence electrons. The van der Waals surface area contributed by atoms with Gasteiger partial charge in [0.05, 0.1) is 19.6 Å². The number of nitriles is 1. The van der Waals surface area contributed by atoms with E-state index in [1.807, 2.05) is 61.5 Å². The molecule has 0 aliphatic rings. The van der Waals surface area contributed by atoms with Crippen molar-refractivity contribution in [2.24, 2.45) is 0 Å². The zero-order valence-corrected chi connectivity index (χ0v) is 17.6. The Morgan fingerprint density at radius 3 is 2.43 bits per heavy atom. The van der Waals surface area contributed by atoms with Crippen molar-refractivity contribution in [3.8, 4) is 11.8 Å². The molecule has 0 aromatic heterocycles. The summed E-state index contributed by atoms with van der Waals surface area (Å²) in [6.45, 7) is 2.28. The number of nitrogens with zero attached hydrogens (tertiary/aromatic N) is 2. The minimum absolute atomic E-state index is 0.0125. The molecule has 6 nitrogen and oxygen atoms in total. The predicted octanol–water partition coefficient (Wildman–Crippen LogP) is 3.86. The van der Waals surface area contributed by atoms with E-state index in [1.165, 1.54) is 5.56 Å². The van der Waals surface area contributed by atoms with Crippen LogP contribution in [0.1, 0.15) is 38.2 Å². The third kappa shape index (κ3) is 7.59. The van der Waals surface area contributed by atoms with Gasteiger partial charge in [-0.3, -0.25) is 9.59 Å². The summed E-state index contributed by atoms with van der Waals surface area (Å²) in [5.74, 6) is 0.528. The van der Waals surface area contributed by atoms with Crippen molar-refractivity contribution in [2.75, 3.05) is 18.6 Å². The predicted molar refractivity (Wildman–Crippen MR) is 117 cm³/mol. The van der Waals surface area contributed by atoms with Crippen molar-refractivity contribution in [1.82, 2.24) is 5.32 Å². The van der Waals surface area contributed by atoms with Crippen LogP contribution in [0, 0.1) is 11.3 Å². The van der Waals surface area contributed by atoms with E-state index in [2.05, 4.69) is 11.4 Å². The number of carbonyl (C=O) groups is 2. The van der Waals surface area contributed by atoms with Crippen LogP contribution in [-0.2, 0) is 16.0 Å². The first-order valence-electron chi connectivity index (χ1n) is 10.2. The van der Waals surface area contributed by atoms with Gasteiger partial charge in [-0.25, -0.2) is 0 Å². The highest BCUT2D eigenvalue weighted by molar-refractivity contribution is 5.95. The van der Waals surface area contributed by atoms with Crippen LogP contribution < -0.4 is 15.0 Å². The fraction of sp³-hybridized carbons (Fsp3) is 0.375. The fourth-order valence-corrected chi connectivity index (χ4v) is 3.12. The van der Waals surface area contributed by atoms with Gasteiger partial charge in [0.2, 0.25) is 11.8 Å². The average molecular weight is 408 g/mol. The van der Waals surface area contributed by atoms with Gasteiger partial charge in [0, 0.05) is 31.1 Å². The molecular formula is C24H29N3O3. The zero-order chi connectivity index (χ0) is 21.8. The van der Waals surface area contributed by atoms with E-state index in [1.54, 1.807) is 12.0 Å². The number of nitrogens with one attached hydrogen (secondary N) is 1. The Morgan fingerprint density at radius 1 is 1.10 bits per heavy atom. The lowest BCUT2D eigenvalue weighted by atomic mass is 10.1. The number of hydrogen-bond acceptors (Lipinski definition) is 4. The summed E-state index contributed by atoms with van der Waals surface area (Å²) in [4.78, 5) is 26.5. The van der Waals surface area contributed by atoms with E-state index in [0.717, 1.165) is 24.3 Å². The monoisotopic (exact) mass is 407 g/mol. The van der Waals surface area contributed by atoms with Crippen LogP contribution in [0.5, 0.6) is 5.75 Å². The lowest BCUT2D eigenvalue weighted by Crippen LogP contribution is -2.35. The molecule has 2 aromatic carbocycles. The van der Waals surface area contributed by atoms with Crippen molar-refractivity contribution in [2.45, 2.75) is 45.1 Å². The molecular weight excluding hydrogens is 378 g/mol. The molecule has 1 unspecified atom stereocenters. The minimum Gasteiger partial charge on any atom is -0.497 e. The SMILES string of the molecule is COc1ccc(CCC(C)NC(=O)CCC(=O)N(CCC#N)c2ccccc2)cc1. The van der Waals surface area contributed by atoms with Crippen LogP contribution in [0.15, 0.2) is 54.6 Å². The van der Waals surface area contributed by atoms with Gasteiger partial charge in [0.25, 0.3) is 0 Å². The second kappa shape index (κ2) is 12.3. The molecule has 2 rings (SSSR count). The number of carbonyl (C=O) groups excluding carboxylic acids is 2. The minimum atomic E-state index is -0.155. The second-order valence-corrected chi connectivity index (χ2v) is 7.14. The molecule has 1 atom stereocenters. The number of ether oxygens (including phenoxy) is 1. The Hall–Kier alpha value is -3.33. The maximum Gasteiger partial charge on any atom is 0.227 e. The van der Waals surface area contributed by atoms with Crippen LogP contribution in [0.2, 0.25) is 0 Å². The van der Waals surface area contributed by atoms with Crippen molar-refractivity contribution < 1.29 is 14.3 Å². The molecule has 0 spiro atoms. The van der Waals surface area contributed by atoms with E-state index in [0.29, 0.717) is 6.54 Å². The van der Waals surface area contributed by atoms with Crippen molar-refractivity contribution in [3.05, 3.63) is 60.2 Å². The normalized spacial score (nSPS) is 11.2. The number of rotatable bonds is 11. The van der Waals surface area contributed by atoms with E-state index < -0.39 is 0 Å². The molecule has 0 radical (unpaired) electrons. The van der Waals surface area contributed by atoms with E-state index in [4.69, 9.17) is 10.00 Å². The highest BCUT2D eigenvalue weighted by Crippen LogP contribution is 2.16. The molecule has 0 aliphatic carbocycles. The van der Waals surface area contributed by atoms with Crippen LogP contribution in [-0.4, -0.2) is 31.5 Å². The van der Waals surface area contributed by atoms with Gasteiger partial charge in [-0.15, -0.1) is 0 Å². The Balaban J connectivity index is 1.78. The number of amides is 2. The Bertz CT molecular complexity index is 844. The topological polar surface area (TPSA) is 82.4 Å². The second-order valence-electron chi connectivity index (χ2n) is 7.14. The molecule has 0 heterocycles. The van der Waals surface area contributed by atoms with E-state index in [9.17, 15) is 9.59 Å². The smallest absolute Gasteiger partial charge is 0.227 e. The molecule has 6 heteroatoms. The van der Waals surface area contributed by atoms with Gasteiger partial charge in [-0.1, -0.05) is 30.3 Å². The Kier molecular flexibility index (Phi) is 9.39. The van der Waals surface area contributed by atoms with Crippen LogP contribution in [0.4, 0.5) is 5.69 Å². The molecule has 0 bridgehead atoms. The van der Waals surface area contributed by atoms with Crippen molar-refractivity contribution in [1.29, 1.82) is 5.26 Å². The number of hydrogen-bond donors (Lipinski definition) is 1. The van der Waals surface area contributed by atoms with Crippen molar-refractivity contribution in [3.63, 3.8) is 0 Å². The number of para-hydroxylation sites is 1. The summed E-state index contributed by atoms with van der Waals surface area (Å²) in [6.07, 6.45) is 2.14. The van der Waals surface area contributed by atoms with Crippen molar-refractivity contribution >= 4 is 17.5 Å². The number of aryl methyl sites for hydroxylation is 1. The number of methoxy groups -OCH3 is 1. The third-order valence-corrected chi connectivity index (χ3v) is 4.81. The van der Waals surface area contributed by atoms with Crippen LogP contribution >= 0.6 is 0 Å². The largest absolute Gasteiger partial charge is 0.497 e. The highest BCUT2D eigenvalue weighted by atomic mass is 16.5. The van der Waals surface area contributed by atoms with Gasteiger partial charge in [-0.05, 0) is 49.6 Å².